The van der Waals surface area contributed by atoms with Gasteiger partial charge in [-0.25, -0.2) is 0 Å². The fraction of sp³-hybridized carbons (Fsp3) is 0.615. The van der Waals surface area contributed by atoms with E-state index in [-0.39, 0.29) is 17.9 Å². The third kappa shape index (κ3) is 2.51. The number of amides is 1. The van der Waals surface area contributed by atoms with Crippen LogP contribution in [0, 0.1) is 5.92 Å². The number of rotatable bonds is 4. The van der Waals surface area contributed by atoms with E-state index in [0.29, 0.717) is 12.1 Å². The molecule has 2 heterocycles. The maximum Gasteiger partial charge on any atom is 0.225 e. The van der Waals surface area contributed by atoms with E-state index in [1.807, 2.05) is 6.92 Å². The molecular weight excluding hydrogens is 228 g/mol. The van der Waals surface area contributed by atoms with Gasteiger partial charge in [-0.2, -0.15) is 0 Å². The van der Waals surface area contributed by atoms with Gasteiger partial charge in [0.2, 0.25) is 5.91 Å². The van der Waals surface area contributed by atoms with Crippen LogP contribution in [0.5, 0.6) is 0 Å². The summed E-state index contributed by atoms with van der Waals surface area (Å²) in [5.74, 6) is 0.221. The number of nitrogens with two attached hydrogens (primary N) is 2. The average Bonchev–Trinajstić information content (AvgIpc) is 2.97. The van der Waals surface area contributed by atoms with Gasteiger partial charge in [0.15, 0.2) is 0 Å². The number of hydrogen-bond acceptors (Lipinski definition) is 4. The molecule has 2 aliphatic rings. The molecule has 0 aromatic heterocycles. The molecule has 100 valence electrons. The SMILES string of the molecule is CC(NC(=O)C1CC2CCC1N2)C(/C=C\N)=C/N. The fourth-order valence-electron chi connectivity index (χ4n) is 2.97. The number of carbonyl (C=O) groups is 1. The van der Waals surface area contributed by atoms with Crippen molar-refractivity contribution in [3.8, 4) is 0 Å². The lowest BCUT2D eigenvalue weighted by atomic mass is 9.88. The zero-order valence-electron chi connectivity index (χ0n) is 10.7. The quantitative estimate of drug-likeness (QED) is 0.526. The van der Waals surface area contributed by atoms with Crippen LogP contribution in [0.4, 0.5) is 0 Å². The molecule has 0 radical (unpaired) electrons. The minimum Gasteiger partial charge on any atom is -0.405 e. The standard InChI is InChI=1S/C13H22N4O/c1-8(9(7-15)4-5-14)16-13(18)11-6-10-2-3-12(11)17-10/h4-5,7-8,10-12,17H,2-3,6,14-15H2,1H3,(H,16,18)/b5-4-,9-7+. The van der Waals surface area contributed by atoms with Crippen LogP contribution in [0.2, 0.25) is 0 Å². The normalized spacial score (nSPS) is 32.9. The van der Waals surface area contributed by atoms with Crippen molar-refractivity contribution in [2.45, 2.75) is 44.3 Å². The minimum atomic E-state index is -0.110. The lowest BCUT2D eigenvalue weighted by molar-refractivity contribution is -0.125. The Morgan fingerprint density at radius 3 is 2.72 bits per heavy atom. The van der Waals surface area contributed by atoms with Crippen LogP contribution < -0.4 is 22.1 Å². The van der Waals surface area contributed by atoms with Gasteiger partial charge in [0.25, 0.3) is 0 Å². The fourth-order valence-corrected chi connectivity index (χ4v) is 2.97. The van der Waals surface area contributed by atoms with Crippen LogP contribution in [0.1, 0.15) is 26.2 Å². The Balaban J connectivity index is 1.91. The maximum atomic E-state index is 12.2. The molecule has 0 aliphatic carbocycles. The smallest absolute Gasteiger partial charge is 0.225 e. The predicted molar refractivity (Wildman–Crippen MR) is 71.3 cm³/mol. The molecule has 0 aromatic carbocycles. The van der Waals surface area contributed by atoms with Crippen molar-refractivity contribution < 1.29 is 4.79 Å². The molecule has 1 amide bonds. The van der Waals surface area contributed by atoms with Gasteiger partial charge in [-0.1, -0.05) is 0 Å². The monoisotopic (exact) mass is 250 g/mol. The van der Waals surface area contributed by atoms with Crippen molar-refractivity contribution in [3.63, 3.8) is 0 Å². The second kappa shape index (κ2) is 5.44. The van der Waals surface area contributed by atoms with Gasteiger partial charge in [-0.05, 0) is 50.2 Å². The van der Waals surface area contributed by atoms with E-state index in [9.17, 15) is 4.79 Å². The molecule has 5 nitrogen and oxygen atoms in total. The molecule has 0 spiro atoms. The largest absolute Gasteiger partial charge is 0.405 e. The van der Waals surface area contributed by atoms with E-state index in [2.05, 4.69) is 10.6 Å². The Morgan fingerprint density at radius 1 is 1.44 bits per heavy atom. The van der Waals surface area contributed by atoms with Crippen LogP contribution in [0.3, 0.4) is 0 Å². The van der Waals surface area contributed by atoms with Crippen molar-refractivity contribution in [1.82, 2.24) is 10.6 Å². The predicted octanol–water partition coefficient (Wildman–Crippen LogP) is -0.0534. The summed E-state index contributed by atoms with van der Waals surface area (Å²) in [5, 5.41) is 6.47. The molecular formula is C13H22N4O. The summed E-state index contributed by atoms with van der Waals surface area (Å²) in [7, 11) is 0. The molecule has 2 rings (SSSR count). The number of hydrogen-bond donors (Lipinski definition) is 4. The molecule has 0 aromatic rings. The van der Waals surface area contributed by atoms with E-state index in [1.54, 1.807) is 6.08 Å². The van der Waals surface area contributed by atoms with Crippen LogP contribution in [0.25, 0.3) is 0 Å². The number of nitrogens with one attached hydrogen (secondary N) is 2. The van der Waals surface area contributed by atoms with E-state index < -0.39 is 0 Å². The van der Waals surface area contributed by atoms with E-state index >= 15 is 0 Å². The average molecular weight is 250 g/mol. The van der Waals surface area contributed by atoms with Crippen molar-refractivity contribution in [2.24, 2.45) is 17.4 Å². The molecule has 18 heavy (non-hydrogen) atoms. The summed E-state index contributed by atoms with van der Waals surface area (Å²) in [6.45, 7) is 1.91. The summed E-state index contributed by atoms with van der Waals surface area (Å²) in [6.07, 6.45) is 7.89. The Morgan fingerprint density at radius 2 is 2.22 bits per heavy atom. The Labute approximate surface area is 108 Å². The maximum absolute atomic E-state index is 12.2. The van der Waals surface area contributed by atoms with Gasteiger partial charge in [0, 0.05) is 12.1 Å². The summed E-state index contributed by atoms with van der Waals surface area (Å²) >= 11 is 0. The highest BCUT2D eigenvalue weighted by molar-refractivity contribution is 5.80. The lowest BCUT2D eigenvalue weighted by Gasteiger charge is -2.22. The minimum absolute atomic E-state index is 0.104. The zero-order valence-corrected chi connectivity index (χ0v) is 10.7. The molecule has 4 atom stereocenters. The lowest BCUT2D eigenvalue weighted by Crippen LogP contribution is -2.42. The van der Waals surface area contributed by atoms with Crippen LogP contribution >= 0.6 is 0 Å². The molecule has 0 saturated carbocycles. The van der Waals surface area contributed by atoms with E-state index in [1.165, 1.54) is 18.8 Å². The molecule has 5 heteroatoms. The van der Waals surface area contributed by atoms with Crippen molar-refractivity contribution in [3.05, 3.63) is 24.0 Å². The first kappa shape index (κ1) is 13.0. The second-order valence-corrected chi connectivity index (χ2v) is 5.15. The third-order valence-electron chi connectivity index (χ3n) is 3.98. The Hall–Kier alpha value is -1.49. The third-order valence-corrected chi connectivity index (χ3v) is 3.98. The summed E-state index contributed by atoms with van der Waals surface area (Å²) in [5.41, 5.74) is 11.7. The molecule has 2 aliphatic heterocycles. The highest BCUT2D eigenvalue weighted by Gasteiger charge is 2.42. The van der Waals surface area contributed by atoms with Gasteiger partial charge in [-0.3, -0.25) is 4.79 Å². The zero-order chi connectivity index (χ0) is 13.1. The van der Waals surface area contributed by atoms with E-state index in [0.717, 1.165) is 18.4 Å². The summed E-state index contributed by atoms with van der Waals surface area (Å²) < 4.78 is 0. The van der Waals surface area contributed by atoms with Crippen LogP contribution in [-0.2, 0) is 4.79 Å². The van der Waals surface area contributed by atoms with Gasteiger partial charge in [0.05, 0.1) is 12.0 Å². The van der Waals surface area contributed by atoms with Crippen molar-refractivity contribution in [2.75, 3.05) is 0 Å². The highest BCUT2D eigenvalue weighted by Crippen LogP contribution is 2.33. The van der Waals surface area contributed by atoms with Gasteiger partial charge < -0.3 is 22.1 Å². The first-order valence-electron chi connectivity index (χ1n) is 6.52. The van der Waals surface area contributed by atoms with Crippen molar-refractivity contribution >= 4 is 5.91 Å². The first-order valence-corrected chi connectivity index (χ1v) is 6.52. The van der Waals surface area contributed by atoms with Gasteiger partial charge >= 0.3 is 0 Å². The van der Waals surface area contributed by atoms with Gasteiger partial charge in [0.1, 0.15) is 0 Å². The first-order chi connectivity index (χ1) is 8.65. The van der Waals surface area contributed by atoms with E-state index in [4.69, 9.17) is 11.5 Å². The number of carbonyl (C=O) groups excluding carboxylic acids is 1. The molecule has 2 fully saturated rings. The topological polar surface area (TPSA) is 93.2 Å². The Kier molecular flexibility index (Phi) is 3.91. The Bertz CT molecular complexity index is 377. The van der Waals surface area contributed by atoms with Crippen LogP contribution in [0.15, 0.2) is 24.0 Å². The molecule has 2 bridgehead atoms. The molecule has 6 N–H and O–H groups in total. The van der Waals surface area contributed by atoms with Crippen molar-refractivity contribution in [1.29, 1.82) is 0 Å². The number of fused-ring (bicyclic) bond motifs is 2. The molecule has 4 unspecified atom stereocenters. The second-order valence-electron chi connectivity index (χ2n) is 5.15. The highest BCUT2D eigenvalue weighted by atomic mass is 16.2. The summed E-state index contributed by atoms with van der Waals surface area (Å²) in [4.78, 5) is 12.2. The van der Waals surface area contributed by atoms with Gasteiger partial charge in [-0.15, -0.1) is 0 Å². The summed E-state index contributed by atoms with van der Waals surface area (Å²) in [6, 6.07) is 0.786. The van der Waals surface area contributed by atoms with Crippen LogP contribution in [-0.4, -0.2) is 24.0 Å². The molecule has 2 saturated heterocycles.